The summed E-state index contributed by atoms with van der Waals surface area (Å²) < 4.78 is 5.44. The molecule has 2 heterocycles. The van der Waals surface area contributed by atoms with Gasteiger partial charge in [-0.3, -0.25) is 4.98 Å². The molecule has 1 saturated heterocycles. The van der Waals surface area contributed by atoms with E-state index in [0.29, 0.717) is 5.92 Å². The maximum atomic E-state index is 12.1. The molecule has 0 atom stereocenters. The van der Waals surface area contributed by atoms with Crippen LogP contribution in [0.2, 0.25) is 0 Å². The third kappa shape index (κ3) is 4.72. The molecule has 0 saturated carbocycles. The van der Waals surface area contributed by atoms with Crippen molar-refractivity contribution in [3.63, 3.8) is 0 Å². The number of likely N-dealkylation sites (tertiary alicyclic amines) is 1. The normalized spacial score (nSPS) is 16.6. The number of aryl methyl sites for hydroxylation is 1. The van der Waals surface area contributed by atoms with Gasteiger partial charge in [-0.15, -0.1) is 0 Å². The topological polar surface area (TPSA) is 42.4 Å². The largest absolute Gasteiger partial charge is 0.444 e. The minimum Gasteiger partial charge on any atom is -0.444 e. The second-order valence-corrected chi connectivity index (χ2v) is 7.07. The van der Waals surface area contributed by atoms with Crippen LogP contribution in [0.4, 0.5) is 4.79 Å². The Morgan fingerprint density at radius 2 is 2.00 bits per heavy atom. The highest BCUT2D eigenvalue weighted by Gasteiger charge is 2.27. The number of carbonyl (C=O) groups is 1. The lowest BCUT2D eigenvalue weighted by Gasteiger charge is -2.33. The summed E-state index contributed by atoms with van der Waals surface area (Å²) >= 11 is 0. The van der Waals surface area contributed by atoms with Crippen LogP contribution < -0.4 is 0 Å². The Kier molecular flexibility index (Phi) is 5.43. The molecule has 1 aliphatic rings. The molecule has 0 aliphatic carbocycles. The van der Waals surface area contributed by atoms with Crippen LogP contribution in [0.25, 0.3) is 0 Å². The number of pyridine rings is 1. The Hall–Kier alpha value is -1.58. The van der Waals surface area contributed by atoms with E-state index in [1.807, 2.05) is 31.9 Å². The standard InChI is InChI=1S/C18H28N2O2/c1-5-6-16-8-7-15(13-19-16)14-9-11-20(12-10-14)17(21)22-18(2,3)4/h7-8,13-14H,5-6,9-12H2,1-4H3. The summed E-state index contributed by atoms with van der Waals surface area (Å²) in [6.07, 6.45) is 5.95. The van der Waals surface area contributed by atoms with Crippen LogP contribution >= 0.6 is 0 Å². The molecular formula is C18H28N2O2. The smallest absolute Gasteiger partial charge is 0.410 e. The summed E-state index contributed by atoms with van der Waals surface area (Å²) in [6.45, 7) is 9.40. The first kappa shape index (κ1) is 16.8. The fraction of sp³-hybridized carbons (Fsp3) is 0.667. The first-order valence-electron chi connectivity index (χ1n) is 8.32. The van der Waals surface area contributed by atoms with Gasteiger partial charge in [-0.1, -0.05) is 19.4 Å². The molecule has 0 aromatic carbocycles. The van der Waals surface area contributed by atoms with Crippen LogP contribution in [-0.4, -0.2) is 34.7 Å². The summed E-state index contributed by atoms with van der Waals surface area (Å²) in [5, 5.41) is 0. The first-order valence-corrected chi connectivity index (χ1v) is 8.32. The number of nitrogens with zero attached hydrogens (tertiary/aromatic N) is 2. The van der Waals surface area contributed by atoms with Gasteiger partial charge in [0.15, 0.2) is 0 Å². The van der Waals surface area contributed by atoms with Crippen molar-refractivity contribution in [1.29, 1.82) is 0 Å². The molecule has 0 bridgehead atoms. The molecule has 2 rings (SSSR count). The highest BCUT2D eigenvalue weighted by molar-refractivity contribution is 5.68. The van der Waals surface area contributed by atoms with Crippen molar-refractivity contribution in [2.75, 3.05) is 13.1 Å². The lowest BCUT2D eigenvalue weighted by molar-refractivity contribution is 0.0205. The molecule has 22 heavy (non-hydrogen) atoms. The van der Waals surface area contributed by atoms with E-state index in [0.717, 1.165) is 44.5 Å². The van der Waals surface area contributed by atoms with Crippen molar-refractivity contribution in [2.45, 2.75) is 64.9 Å². The number of rotatable bonds is 3. The Morgan fingerprint density at radius 1 is 1.32 bits per heavy atom. The van der Waals surface area contributed by atoms with E-state index in [9.17, 15) is 4.79 Å². The van der Waals surface area contributed by atoms with E-state index in [-0.39, 0.29) is 6.09 Å². The lowest BCUT2D eigenvalue weighted by atomic mass is 9.90. The van der Waals surface area contributed by atoms with Crippen molar-refractivity contribution >= 4 is 6.09 Å². The molecule has 1 aromatic heterocycles. The highest BCUT2D eigenvalue weighted by Crippen LogP contribution is 2.28. The van der Waals surface area contributed by atoms with Crippen molar-refractivity contribution in [2.24, 2.45) is 0 Å². The van der Waals surface area contributed by atoms with E-state index in [1.165, 1.54) is 5.56 Å². The molecule has 4 heteroatoms. The number of carbonyl (C=O) groups excluding carboxylic acids is 1. The highest BCUT2D eigenvalue weighted by atomic mass is 16.6. The second kappa shape index (κ2) is 7.12. The van der Waals surface area contributed by atoms with Crippen LogP contribution in [0, 0.1) is 0 Å². The van der Waals surface area contributed by atoms with Crippen molar-refractivity contribution in [3.05, 3.63) is 29.6 Å². The fourth-order valence-corrected chi connectivity index (χ4v) is 2.80. The third-order valence-corrected chi connectivity index (χ3v) is 3.97. The molecule has 122 valence electrons. The lowest BCUT2D eigenvalue weighted by Crippen LogP contribution is -2.41. The fourth-order valence-electron chi connectivity index (χ4n) is 2.80. The molecular weight excluding hydrogens is 276 g/mol. The SMILES string of the molecule is CCCc1ccc(C2CCN(C(=O)OC(C)(C)C)CC2)cn1. The van der Waals surface area contributed by atoms with Gasteiger partial charge in [-0.05, 0) is 57.6 Å². The van der Waals surface area contributed by atoms with Gasteiger partial charge < -0.3 is 9.64 Å². The van der Waals surface area contributed by atoms with Gasteiger partial charge in [0.25, 0.3) is 0 Å². The monoisotopic (exact) mass is 304 g/mol. The maximum absolute atomic E-state index is 12.1. The zero-order chi connectivity index (χ0) is 16.2. The van der Waals surface area contributed by atoms with Gasteiger partial charge in [-0.25, -0.2) is 4.79 Å². The van der Waals surface area contributed by atoms with Gasteiger partial charge in [0.05, 0.1) is 0 Å². The predicted molar refractivity (Wildman–Crippen MR) is 88.0 cm³/mol. The number of aromatic nitrogens is 1. The van der Waals surface area contributed by atoms with Crippen LogP contribution in [-0.2, 0) is 11.2 Å². The molecule has 1 aromatic rings. The van der Waals surface area contributed by atoms with E-state index >= 15 is 0 Å². The minimum atomic E-state index is -0.424. The average molecular weight is 304 g/mol. The minimum absolute atomic E-state index is 0.192. The molecule has 0 unspecified atom stereocenters. The van der Waals surface area contributed by atoms with Crippen molar-refractivity contribution in [3.8, 4) is 0 Å². The molecule has 0 radical (unpaired) electrons. The summed E-state index contributed by atoms with van der Waals surface area (Å²) in [5.74, 6) is 0.502. The number of ether oxygens (including phenoxy) is 1. The Bertz CT molecular complexity index is 483. The summed E-state index contributed by atoms with van der Waals surface area (Å²) in [6, 6.07) is 4.34. The zero-order valence-electron chi connectivity index (χ0n) is 14.3. The summed E-state index contributed by atoms with van der Waals surface area (Å²) in [7, 11) is 0. The van der Waals surface area contributed by atoms with Crippen molar-refractivity contribution < 1.29 is 9.53 Å². The van der Waals surface area contributed by atoms with E-state index in [2.05, 4.69) is 24.0 Å². The Morgan fingerprint density at radius 3 is 2.50 bits per heavy atom. The van der Waals surface area contributed by atoms with Gasteiger partial charge in [0.1, 0.15) is 5.60 Å². The van der Waals surface area contributed by atoms with Crippen LogP contribution in [0.1, 0.15) is 64.1 Å². The maximum Gasteiger partial charge on any atom is 0.410 e. The molecule has 1 aliphatic heterocycles. The Labute approximate surface area is 133 Å². The van der Waals surface area contributed by atoms with E-state index < -0.39 is 5.60 Å². The molecule has 0 spiro atoms. The third-order valence-electron chi connectivity index (χ3n) is 3.97. The van der Waals surface area contributed by atoms with Crippen LogP contribution in [0.3, 0.4) is 0 Å². The molecule has 4 nitrogen and oxygen atoms in total. The van der Waals surface area contributed by atoms with Gasteiger partial charge in [0, 0.05) is 25.0 Å². The quantitative estimate of drug-likeness (QED) is 0.842. The van der Waals surface area contributed by atoms with Gasteiger partial charge >= 0.3 is 6.09 Å². The molecule has 1 amide bonds. The second-order valence-electron chi connectivity index (χ2n) is 7.07. The summed E-state index contributed by atoms with van der Waals surface area (Å²) in [5.41, 5.74) is 2.04. The number of hydrogen-bond acceptors (Lipinski definition) is 3. The van der Waals surface area contributed by atoms with Crippen LogP contribution in [0.15, 0.2) is 18.3 Å². The van der Waals surface area contributed by atoms with Crippen molar-refractivity contribution in [1.82, 2.24) is 9.88 Å². The number of hydrogen-bond donors (Lipinski definition) is 0. The summed E-state index contributed by atoms with van der Waals surface area (Å²) in [4.78, 5) is 18.4. The number of piperidine rings is 1. The van der Waals surface area contributed by atoms with E-state index in [1.54, 1.807) is 0 Å². The average Bonchev–Trinajstić information content (AvgIpc) is 2.47. The Balaban J connectivity index is 1.87. The number of amides is 1. The molecule has 0 N–H and O–H groups in total. The van der Waals surface area contributed by atoms with E-state index in [4.69, 9.17) is 4.74 Å². The first-order chi connectivity index (χ1) is 10.4. The molecule has 1 fully saturated rings. The van der Waals surface area contributed by atoms with Crippen LogP contribution in [0.5, 0.6) is 0 Å². The van der Waals surface area contributed by atoms with Gasteiger partial charge in [-0.2, -0.15) is 0 Å². The predicted octanol–water partition coefficient (Wildman–Crippen LogP) is 4.15. The van der Waals surface area contributed by atoms with Gasteiger partial charge in [0.2, 0.25) is 0 Å². The zero-order valence-corrected chi connectivity index (χ0v) is 14.3.